The molecule has 4 aromatic heterocycles. The fraction of sp³-hybridized carbons (Fsp3) is 0.261. The Balaban J connectivity index is 1.64. The summed E-state index contributed by atoms with van der Waals surface area (Å²) in [7, 11) is 0. The highest BCUT2D eigenvalue weighted by Gasteiger charge is 2.27. The van der Waals surface area contributed by atoms with Gasteiger partial charge in [0.1, 0.15) is 0 Å². The fourth-order valence-corrected chi connectivity index (χ4v) is 4.86. The Kier molecular flexibility index (Phi) is 5.38. The first kappa shape index (κ1) is 19.7. The Hall–Kier alpha value is -3.26. The van der Waals surface area contributed by atoms with Crippen LogP contribution in [0.5, 0.6) is 0 Å². The van der Waals surface area contributed by atoms with Gasteiger partial charge in [0, 0.05) is 54.4 Å². The molecule has 1 aliphatic heterocycles. The zero-order valence-electron chi connectivity index (χ0n) is 17.2. The van der Waals surface area contributed by atoms with Crippen LogP contribution in [-0.2, 0) is 6.54 Å². The van der Waals surface area contributed by atoms with Crippen LogP contribution in [0.1, 0.15) is 22.8 Å². The number of fused-ring (bicyclic) bond motifs is 1. The van der Waals surface area contributed by atoms with Gasteiger partial charge in [-0.2, -0.15) is 16.9 Å². The van der Waals surface area contributed by atoms with Crippen LogP contribution in [0, 0.1) is 0 Å². The summed E-state index contributed by atoms with van der Waals surface area (Å²) in [6.07, 6.45) is 8.82. The van der Waals surface area contributed by atoms with Gasteiger partial charge in [0.2, 0.25) is 0 Å². The fourth-order valence-electron chi connectivity index (χ4n) is 3.85. The molecule has 0 radical (unpaired) electrons. The van der Waals surface area contributed by atoms with E-state index in [2.05, 4.69) is 22.0 Å². The molecule has 1 saturated heterocycles. The molecule has 31 heavy (non-hydrogen) atoms. The van der Waals surface area contributed by atoms with E-state index in [0.29, 0.717) is 17.8 Å². The number of hydrogen-bond donors (Lipinski definition) is 0. The summed E-state index contributed by atoms with van der Waals surface area (Å²) in [5, 5.41) is 5.34. The second-order valence-electron chi connectivity index (χ2n) is 7.62. The lowest BCUT2D eigenvalue weighted by atomic mass is 10.1. The summed E-state index contributed by atoms with van der Waals surface area (Å²) in [6, 6.07) is 9.82. The average Bonchev–Trinajstić information content (AvgIpc) is 3.22. The number of nitrogens with zero attached hydrogens (tertiary/aromatic N) is 6. The van der Waals surface area contributed by atoms with Gasteiger partial charge in [-0.25, -0.2) is 9.67 Å². The van der Waals surface area contributed by atoms with Gasteiger partial charge in [-0.1, -0.05) is 6.07 Å². The summed E-state index contributed by atoms with van der Waals surface area (Å²) in [6.45, 7) is 3.39. The number of carbonyl (C=O) groups is 1. The monoisotopic (exact) mass is 430 g/mol. The predicted octanol–water partition coefficient (Wildman–Crippen LogP) is 3.51. The predicted molar refractivity (Wildman–Crippen MR) is 122 cm³/mol. The Morgan fingerprint density at radius 3 is 2.74 bits per heavy atom. The van der Waals surface area contributed by atoms with Crippen molar-refractivity contribution in [3.63, 3.8) is 0 Å². The van der Waals surface area contributed by atoms with E-state index >= 15 is 0 Å². The van der Waals surface area contributed by atoms with Crippen molar-refractivity contribution < 1.29 is 4.79 Å². The third-order valence-corrected chi connectivity index (χ3v) is 6.67. The second-order valence-corrected chi connectivity index (χ2v) is 8.77. The Bertz CT molecular complexity index is 1210. The van der Waals surface area contributed by atoms with E-state index in [4.69, 9.17) is 4.98 Å². The number of hydrogen-bond acceptors (Lipinski definition) is 6. The molecule has 1 atom stereocenters. The van der Waals surface area contributed by atoms with Crippen molar-refractivity contribution in [1.82, 2.24) is 29.6 Å². The van der Waals surface area contributed by atoms with Crippen LogP contribution in [-0.4, -0.2) is 59.6 Å². The number of pyridine rings is 3. The van der Waals surface area contributed by atoms with Crippen LogP contribution < -0.4 is 0 Å². The summed E-state index contributed by atoms with van der Waals surface area (Å²) in [5.41, 5.74) is 3.94. The molecular weight excluding hydrogens is 408 g/mol. The summed E-state index contributed by atoms with van der Waals surface area (Å²) in [5.74, 6) is 1.95. The van der Waals surface area contributed by atoms with E-state index in [1.54, 1.807) is 24.8 Å². The molecule has 1 amide bonds. The van der Waals surface area contributed by atoms with Crippen LogP contribution in [0.2, 0.25) is 0 Å². The zero-order chi connectivity index (χ0) is 21.2. The molecule has 0 saturated carbocycles. The van der Waals surface area contributed by atoms with Gasteiger partial charge in [0.25, 0.3) is 5.91 Å². The summed E-state index contributed by atoms with van der Waals surface area (Å²) >= 11 is 1.89. The van der Waals surface area contributed by atoms with E-state index in [1.807, 2.05) is 57.9 Å². The van der Waals surface area contributed by atoms with E-state index in [1.165, 1.54) is 0 Å². The van der Waals surface area contributed by atoms with Crippen molar-refractivity contribution >= 4 is 28.7 Å². The maximum atomic E-state index is 13.6. The number of thioether (sulfide) groups is 1. The van der Waals surface area contributed by atoms with Crippen molar-refractivity contribution in [2.24, 2.45) is 0 Å². The largest absolute Gasteiger partial charge is 0.334 e. The molecule has 7 nitrogen and oxygen atoms in total. The van der Waals surface area contributed by atoms with Crippen molar-refractivity contribution in [2.75, 3.05) is 18.1 Å². The van der Waals surface area contributed by atoms with Crippen LogP contribution in [0.15, 0.2) is 61.3 Å². The number of aromatic nitrogens is 5. The van der Waals surface area contributed by atoms with Crippen LogP contribution in [0.3, 0.4) is 0 Å². The first-order valence-corrected chi connectivity index (χ1v) is 11.4. The number of amides is 1. The molecule has 1 fully saturated rings. The molecule has 8 heteroatoms. The smallest absolute Gasteiger partial charge is 0.255 e. The minimum Gasteiger partial charge on any atom is -0.334 e. The van der Waals surface area contributed by atoms with Gasteiger partial charge in [0.05, 0.1) is 29.4 Å². The van der Waals surface area contributed by atoms with E-state index < -0.39 is 0 Å². The lowest BCUT2D eigenvalue weighted by molar-refractivity contribution is 0.0718. The summed E-state index contributed by atoms with van der Waals surface area (Å²) < 4.78 is 1.83. The van der Waals surface area contributed by atoms with Gasteiger partial charge >= 0.3 is 0 Å². The van der Waals surface area contributed by atoms with Gasteiger partial charge in [0.15, 0.2) is 5.65 Å². The highest BCUT2D eigenvalue weighted by molar-refractivity contribution is 7.99. The molecular formula is C23H22N6OS. The Morgan fingerprint density at radius 2 is 2.00 bits per heavy atom. The van der Waals surface area contributed by atoms with Crippen LogP contribution in [0.25, 0.3) is 22.3 Å². The lowest BCUT2D eigenvalue weighted by Gasteiger charge is -2.33. The van der Waals surface area contributed by atoms with Crippen LogP contribution >= 0.6 is 11.8 Å². The minimum atomic E-state index is 0.0336. The lowest BCUT2D eigenvalue weighted by Crippen LogP contribution is -2.44. The van der Waals surface area contributed by atoms with Gasteiger partial charge < -0.3 is 4.90 Å². The molecule has 0 aliphatic carbocycles. The molecule has 5 heterocycles. The number of carbonyl (C=O) groups excluding carboxylic acids is 1. The quantitative estimate of drug-likeness (QED) is 0.493. The standard InChI is InChI=1S/C23H22N6OS/c1-16-15-31-9-8-28(16)23(30)19-10-21(18-5-3-7-25-12-18)27-22-20(19)13-26-29(22)14-17-4-2-6-24-11-17/h2-7,10-13,16H,8-9,14-15H2,1H3. The molecule has 0 aromatic carbocycles. The molecule has 1 unspecified atom stereocenters. The van der Waals surface area contributed by atoms with Gasteiger partial charge in [-0.05, 0) is 36.8 Å². The van der Waals surface area contributed by atoms with Gasteiger partial charge in [-0.3, -0.25) is 14.8 Å². The molecule has 1 aliphatic rings. The molecule has 0 N–H and O–H groups in total. The maximum absolute atomic E-state index is 13.6. The van der Waals surface area contributed by atoms with Crippen molar-refractivity contribution in [3.05, 3.63) is 72.4 Å². The average molecular weight is 431 g/mol. The normalized spacial score (nSPS) is 16.5. The van der Waals surface area contributed by atoms with E-state index in [9.17, 15) is 4.79 Å². The van der Waals surface area contributed by atoms with Crippen molar-refractivity contribution in [2.45, 2.75) is 19.5 Å². The third-order valence-electron chi connectivity index (χ3n) is 5.48. The minimum absolute atomic E-state index is 0.0336. The molecule has 0 bridgehead atoms. The maximum Gasteiger partial charge on any atom is 0.255 e. The van der Waals surface area contributed by atoms with E-state index in [-0.39, 0.29) is 11.9 Å². The third kappa shape index (κ3) is 3.90. The molecule has 156 valence electrons. The topological polar surface area (TPSA) is 76.8 Å². The van der Waals surface area contributed by atoms with E-state index in [0.717, 1.165) is 40.3 Å². The Labute approximate surface area is 184 Å². The van der Waals surface area contributed by atoms with Gasteiger partial charge in [-0.15, -0.1) is 0 Å². The number of rotatable bonds is 4. The molecule has 4 aromatic rings. The Morgan fingerprint density at radius 1 is 1.16 bits per heavy atom. The first-order valence-electron chi connectivity index (χ1n) is 10.3. The zero-order valence-corrected chi connectivity index (χ0v) is 18.0. The first-order chi connectivity index (χ1) is 15.2. The molecule has 5 rings (SSSR count). The SMILES string of the molecule is CC1CSCCN1C(=O)c1cc(-c2cccnc2)nc2c1cnn2Cc1cccnc1. The van der Waals surface area contributed by atoms with Crippen molar-refractivity contribution in [1.29, 1.82) is 0 Å². The van der Waals surface area contributed by atoms with Crippen LogP contribution in [0.4, 0.5) is 0 Å². The highest BCUT2D eigenvalue weighted by atomic mass is 32.2. The van der Waals surface area contributed by atoms with Crippen molar-refractivity contribution in [3.8, 4) is 11.3 Å². The molecule has 0 spiro atoms. The second kappa shape index (κ2) is 8.47. The summed E-state index contributed by atoms with van der Waals surface area (Å²) in [4.78, 5) is 28.9. The highest BCUT2D eigenvalue weighted by Crippen LogP contribution is 2.28.